The van der Waals surface area contributed by atoms with Gasteiger partial charge >= 0.3 is 0 Å². The maximum Gasteiger partial charge on any atom is 0.103 e. The standard InChI is InChI=1S/C21H25NO2/c1-17(19-10-6-3-7-11-19)22-20-16-24-15-14-21(20,23)13-12-18-8-4-2-5-9-18/h2-13,17,20,22-23H,14-16H2,1H3/b13-12+/t17-,20+,21+/m1/s1. The average molecular weight is 323 g/mol. The Labute approximate surface area is 144 Å². The minimum absolute atomic E-state index is 0.138. The molecule has 0 unspecified atom stereocenters. The van der Waals surface area contributed by atoms with Crippen molar-refractivity contribution in [3.63, 3.8) is 0 Å². The lowest BCUT2D eigenvalue weighted by atomic mass is 9.87. The Morgan fingerprint density at radius 3 is 2.50 bits per heavy atom. The molecule has 1 aliphatic rings. The highest BCUT2D eigenvalue weighted by Crippen LogP contribution is 2.26. The third-order valence-electron chi connectivity index (χ3n) is 4.65. The molecule has 3 rings (SSSR count). The van der Waals surface area contributed by atoms with Gasteiger partial charge in [0, 0.05) is 19.1 Å². The number of rotatable bonds is 5. The number of hydrogen-bond donors (Lipinski definition) is 2. The molecule has 1 heterocycles. The second kappa shape index (κ2) is 7.75. The van der Waals surface area contributed by atoms with Crippen LogP contribution < -0.4 is 5.32 Å². The predicted octanol–water partition coefficient (Wildman–Crippen LogP) is 3.57. The first-order valence-electron chi connectivity index (χ1n) is 8.53. The van der Waals surface area contributed by atoms with Gasteiger partial charge in [0.05, 0.1) is 12.6 Å². The number of ether oxygens (including phenoxy) is 1. The molecular weight excluding hydrogens is 298 g/mol. The summed E-state index contributed by atoms with van der Waals surface area (Å²) in [5.41, 5.74) is 1.39. The lowest BCUT2D eigenvalue weighted by Gasteiger charge is -2.39. The molecule has 3 nitrogen and oxygen atoms in total. The third kappa shape index (κ3) is 4.12. The van der Waals surface area contributed by atoms with Gasteiger partial charge in [-0.2, -0.15) is 0 Å². The van der Waals surface area contributed by atoms with Crippen molar-refractivity contribution in [2.24, 2.45) is 0 Å². The lowest BCUT2D eigenvalue weighted by molar-refractivity contribution is -0.0634. The zero-order chi connectivity index (χ0) is 16.8. The van der Waals surface area contributed by atoms with Crippen LogP contribution in [-0.4, -0.2) is 30.0 Å². The van der Waals surface area contributed by atoms with Crippen LogP contribution in [0.4, 0.5) is 0 Å². The molecule has 3 heteroatoms. The summed E-state index contributed by atoms with van der Waals surface area (Å²) in [5.74, 6) is 0. The Bertz CT molecular complexity index is 656. The summed E-state index contributed by atoms with van der Waals surface area (Å²) in [6, 6.07) is 20.4. The molecule has 0 aromatic heterocycles. The van der Waals surface area contributed by atoms with Crippen molar-refractivity contribution in [1.29, 1.82) is 0 Å². The van der Waals surface area contributed by atoms with Crippen LogP contribution in [0.5, 0.6) is 0 Å². The molecule has 0 spiro atoms. The molecule has 2 N–H and O–H groups in total. The van der Waals surface area contributed by atoms with Crippen molar-refractivity contribution < 1.29 is 9.84 Å². The van der Waals surface area contributed by atoms with Gasteiger partial charge in [-0.1, -0.05) is 72.8 Å². The first kappa shape index (κ1) is 16.9. The predicted molar refractivity (Wildman–Crippen MR) is 97.6 cm³/mol. The minimum atomic E-state index is -0.906. The second-order valence-corrected chi connectivity index (χ2v) is 6.41. The Hall–Kier alpha value is -1.94. The highest BCUT2D eigenvalue weighted by atomic mass is 16.5. The number of hydrogen-bond acceptors (Lipinski definition) is 3. The first-order chi connectivity index (χ1) is 11.7. The molecule has 24 heavy (non-hydrogen) atoms. The van der Waals surface area contributed by atoms with Gasteiger partial charge in [-0.05, 0) is 18.1 Å². The normalized spacial score (nSPS) is 25.7. The third-order valence-corrected chi connectivity index (χ3v) is 4.65. The molecule has 0 radical (unpaired) electrons. The van der Waals surface area contributed by atoms with Crippen molar-refractivity contribution >= 4 is 6.08 Å². The molecule has 2 aromatic rings. The molecule has 0 amide bonds. The van der Waals surface area contributed by atoms with Crippen LogP contribution in [0.3, 0.4) is 0 Å². The largest absolute Gasteiger partial charge is 0.384 e. The van der Waals surface area contributed by atoms with Gasteiger partial charge in [-0.15, -0.1) is 0 Å². The van der Waals surface area contributed by atoms with Crippen molar-refractivity contribution in [2.75, 3.05) is 13.2 Å². The van der Waals surface area contributed by atoms with E-state index in [4.69, 9.17) is 4.74 Å². The van der Waals surface area contributed by atoms with Crippen molar-refractivity contribution in [3.8, 4) is 0 Å². The highest BCUT2D eigenvalue weighted by molar-refractivity contribution is 5.50. The molecule has 2 aromatic carbocycles. The van der Waals surface area contributed by atoms with Gasteiger partial charge in [0.1, 0.15) is 5.60 Å². The van der Waals surface area contributed by atoms with Crippen molar-refractivity contribution in [2.45, 2.75) is 31.0 Å². The summed E-state index contributed by atoms with van der Waals surface area (Å²) in [5, 5.41) is 14.7. The Kier molecular flexibility index (Phi) is 5.46. The van der Waals surface area contributed by atoms with Crippen LogP contribution in [0.15, 0.2) is 66.7 Å². The minimum Gasteiger partial charge on any atom is -0.384 e. The van der Waals surface area contributed by atoms with E-state index in [0.717, 1.165) is 5.56 Å². The Morgan fingerprint density at radius 2 is 1.79 bits per heavy atom. The summed E-state index contributed by atoms with van der Waals surface area (Å²) < 4.78 is 5.61. The molecule has 1 fully saturated rings. The fourth-order valence-electron chi connectivity index (χ4n) is 3.09. The second-order valence-electron chi connectivity index (χ2n) is 6.41. The number of aliphatic hydroxyl groups is 1. The number of benzene rings is 2. The van der Waals surface area contributed by atoms with E-state index in [1.807, 2.05) is 60.7 Å². The van der Waals surface area contributed by atoms with Crippen LogP contribution in [0.1, 0.15) is 30.5 Å². The van der Waals surface area contributed by atoms with Crippen LogP contribution in [0.2, 0.25) is 0 Å². The summed E-state index contributed by atoms with van der Waals surface area (Å²) in [6.45, 7) is 3.20. The zero-order valence-electron chi connectivity index (χ0n) is 14.1. The molecule has 0 aliphatic carbocycles. The van der Waals surface area contributed by atoms with E-state index in [9.17, 15) is 5.11 Å². The molecule has 0 saturated carbocycles. The van der Waals surface area contributed by atoms with E-state index < -0.39 is 5.60 Å². The van der Waals surface area contributed by atoms with Gasteiger partial charge < -0.3 is 15.2 Å². The average Bonchev–Trinajstić information content (AvgIpc) is 2.64. The fraction of sp³-hybridized carbons (Fsp3) is 0.333. The highest BCUT2D eigenvalue weighted by Gasteiger charge is 2.38. The molecule has 3 atom stereocenters. The van der Waals surface area contributed by atoms with E-state index in [1.54, 1.807) is 0 Å². The Morgan fingerprint density at radius 1 is 1.12 bits per heavy atom. The van der Waals surface area contributed by atoms with Gasteiger partial charge in [-0.3, -0.25) is 0 Å². The topological polar surface area (TPSA) is 41.5 Å². The quantitative estimate of drug-likeness (QED) is 0.884. The fourth-order valence-corrected chi connectivity index (χ4v) is 3.09. The smallest absolute Gasteiger partial charge is 0.103 e. The van der Waals surface area contributed by atoms with E-state index >= 15 is 0 Å². The van der Waals surface area contributed by atoms with Crippen LogP contribution in [-0.2, 0) is 4.74 Å². The van der Waals surface area contributed by atoms with E-state index in [2.05, 4.69) is 24.4 Å². The molecular formula is C21H25NO2. The maximum atomic E-state index is 11.2. The summed E-state index contributed by atoms with van der Waals surface area (Å²) in [7, 11) is 0. The van der Waals surface area contributed by atoms with Crippen molar-refractivity contribution in [1.82, 2.24) is 5.32 Å². The van der Waals surface area contributed by atoms with Crippen molar-refractivity contribution in [3.05, 3.63) is 77.9 Å². The maximum absolute atomic E-state index is 11.2. The van der Waals surface area contributed by atoms with Gasteiger partial charge in [0.2, 0.25) is 0 Å². The van der Waals surface area contributed by atoms with E-state index in [0.29, 0.717) is 19.6 Å². The monoisotopic (exact) mass is 323 g/mol. The van der Waals surface area contributed by atoms with Crippen LogP contribution in [0.25, 0.3) is 6.08 Å². The number of nitrogens with one attached hydrogen (secondary N) is 1. The molecule has 0 bridgehead atoms. The summed E-state index contributed by atoms with van der Waals surface area (Å²) >= 11 is 0. The van der Waals surface area contributed by atoms with E-state index in [1.165, 1.54) is 5.56 Å². The molecule has 126 valence electrons. The zero-order valence-corrected chi connectivity index (χ0v) is 14.1. The molecule has 1 saturated heterocycles. The van der Waals surface area contributed by atoms with E-state index in [-0.39, 0.29) is 12.1 Å². The molecule has 1 aliphatic heterocycles. The van der Waals surface area contributed by atoms with Gasteiger partial charge in [-0.25, -0.2) is 0 Å². The van der Waals surface area contributed by atoms with Gasteiger partial charge in [0.25, 0.3) is 0 Å². The van der Waals surface area contributed by atoms with Gasteiger partial charge in [0.15, 0.2) is 0 Å². The lowest BCUT2D eigenvalue weighted by Crippen LogP contribution is -2.56. The van der Waals surface area contributed by atoms with Crippen LogP contribution in [0, 0.1) is 0 Å². The summed E-state index contributed by atoms with van der Waals surface area (Å²) in [6.07, 6.45) is 4.50. The van der Waals surface area contributed by atoms with Crippen LogP contribution >= 0.6 is 0 Å². The Balaban J connectivity index is 1.74. The SMILES string of the molecule is C[C@@H](N[C@H]1COCC[C@@]1(O)/C=C/c1ccccc1)c1ccccc1. The first-order valence-corrected chi connectivity index (χ1v) is 8.53. The summed E-state index contributed by atoms with van der Waals surface area (Å²) in [4.78, 5) is 0.